The zero-order valence-corrected chi connectivity index (χ0v) is 10.4. The molecule has 8 nitrogen and oxygen atoms in total. The molecule has 0 saturated carbocycles. The summed E-state index contributed by atoms with van der Waals surface area (Å²) in [6.07, 6.45) is -1.64. The molecule has 0 spiro atoms. The van der Waals surface area contributed by atoms with Gasteiger partial charge in [0.1, 0.15) is 12.7 Å². The lowest BCUT2D eigenvalue weighted by molar-refractivity contribution is -0.130. The maximum Gasteiger partial charge on any atom is 0.470 e. The third kappa shape index (κ3) is 4.90. The molecule has 1 atom stereocenters. The quantitative estimate of drug-likeness (QED) is 0.540. The molecule has 4 N–H and O–H groups in total. The van der Waals surface area contributed by atoms with Crippen molar-refractivity contribution in [3.05, 3.63) is 35.4 Å². The molecule has 104 valence electrons. The molecule has 0 bridgehead atoms. The fourth-order valence-electron chi connectivity index (χ4n) is 1.22. The van der Waals surface area contributed by atoms with Crippen LogP contribution in [0.4, 0.5) is 0 Å². The van der Waals surface area contributed by atoms with Gasteiger partial charge in [0.15, 0.2) is 5.78 Å². The summed E-state index contributed by atoms with van der Waals surface area (Å²) < 4.78 is 14.3. The van der Waals surface area contributed by atoms with E-state index in [1.165, 1.54) is 24.3 Å². The summed E-state index contributed by atoms with van der Waals surface area (Å²) in [6, 6.07) is 4.84. The van der Waals surface area contributed by atoms with E-state index >= 15 is 0 Å². The van der Waals surface area contributed by atoms with Gasteiger partial charge in [-0.15, -0.1) is 0 Å². The van der Waals surface area contributed by atoms with Crippen LogP contribution in [-0.2, 0) is 13.9 Å². The lowest BCUT2D eigenvalue weighted by atomic mass is 10.0. The van der Waals surface area contributed by atoms with Crippen LogP contribution in [0.2, 0.25) is 0 Å². The van der Waals surface area contributed by atoms with Gasteiger partial charge in [0.2, 0.25) is 0 Å². The van der Waals surface area contributed by atoms with Crippen molar-refractivity contribution in [3.8, 4) is 0 Å². The number of hydrogen-bond acceptors (Lipinski definition) is 5. The minimum atomic E-state index is -4.78. The summed E-state index contributed by atoms with van der Waals surface area (Å²) in [5.74, 6) is -2.11. The number of ketones is 1. The summed E-state index contributed by atoms with van der Waals surface area (Å²) in [5, 5.41) is 18.2. The minimum absolute atomic E-state index is 0.0186. The highest BCUT2D eigenvalue weighted by Crippen LogP contribution is 2.35. The topological polar surface area (TPSA) is 141 Å². The predicted octanol–water partition coefficient (Wildman–Crippen LogP) is 0.0966. The zero-order valence-electron chi connectivity index (χ0n) is 9.46. The number of carbonyl (C=O) groups excluding carboxylic acids is 1. The maximum absolute atomic E-state index is 11.4. The molecule has 1 unspecified atom stereocenters. The number of Topliss-reactive ketones (excluding diaryl/α,β-unsaturated/α-hetero) is 1. The van der Waals surface area contributed by atoms with Gasteiger partial charge in [0, 0.05) is 0 Å². The first-order valence-corrected chi connectivity index (χ1v) is 6.48. The Morgan fingerprint density at radius 1 is 1.21 bits per heavy atom. The van der Waals surface area contributed by atoms with Crippen molar-refractivity contribution in [2.75, 3.05) is 6.61 Å². The third-order valence-corrected chi connectivity index (χ3v) is 2.62. The Balaban J connectivity index is 2.71. The number of carboxylic acid groups (broad SMARTS) is 1. The highest BCUT2D eigenvalue weighted by atomic mass is 31.2. The standard InChI is InChI=1S/C10H11O8P/c11-8(5-18-19(15,16)17)9(12)6-1-3-7(4-2-6)10(13)14/h1-4,9,12H,5H2,(H,13,14)(H2,15,16,17). The number of rotatable bonds is 6. The molecule has 0 aliphatic rings. The summed E-state index contributed by atoms with van der Waals surface area (Å²) >= 11 is 0. The van der Waals surface area contributed by atoms with Gasteiger partial charge in [-0.3, -0.25) is 9.32 Å². The molecule has 19 heavy (non-hydrogen) atoms. The molecule has 0 saturated heterocycles. The summed E-state index contributed by atoms with van der Waals surface area (Å²) in [5.41, 5.74) is 0.0826. The number of carboxylic acids is 1. The van der Waals surface area contributed by atoms with Crippen LogP contribution in [0.15, 0.2) is 24.3 Å². The second-order valence-corrected chi connectivity index (χ2v) is 4.80. The largest absolute Gasteiger partial charge is 0.478 e. The monoisotopic (exact) mass is 290 g/mol. The predicted molar refractivity (Wildman–Crippen MR) is 61.4 cm³/mol. The summed E-state index contributed by atoms with van der Waals surface area (Å²) in [4.78, 5) is 38.8. The fourth-order valence-corrected chi connectivity index (χ4v) is 1.52. The second kappa shape index (κ2) is 6.05. The number of aliphatic hydroxyl groups excluding tert-OH is 1. The average molecular weight is 290 g/mol. The maximum atomic E-state index is 11.4. The minimum Gasteiger partial charge on any atom is -0.478 e. The molecule has 9 heteroatoms. The number of benzene rings is 1. The highest BCUT2D eigenvalue weighted by Gasteiger charge is 2.22. The van der Waals surface area contributed by atoms with Gasteiger partial charge in [0.05, 0.1) is 5.56 Å². The van der Waals surface area contributed by atoms with E-state index in [4.69, 9.17) is 14.9 Å². The van der Waals surface area contributed by atoms with Crippen LogP contribution in [0.5, 0.6) is 0 Å². The lowest BCUT2D eigenvalue weighted by Gasteiger charge is -2.10. The first-order valence-electron chi connectivity index (χ1n) is 4.95. The normalized spacial score (nSPS) is 13.0. The summed E-state index contributed by atoms with van der Waals surface area (Å²) in [7, 11) is -4.78. The molecule has 0 aromatic heterocycles. The smallest absolute Gasteiger partial charge is 0.470 e. The molecule has 1 aromatic carbocycles. The van der Waals surface area contributed by atoms with Crippen LogP contribution in [0, 0.1) is 0 Å². The van der Waals surface area contributed by atoms with E-state index in [0.29, 0.717) is 0 Å². The van der Waals surface area contributed by atoms with Gasteiger partial charge < -0.3 is 20.0 Å². The Kier molecular flexibility index (Phi) is 4.93. The van der Waals surface area contributed by atoms with E-state index in [9.17, 15) is 19.3 Å². The van der Waals surface area contributed by atoms with Crippen LogP contribution < -0.4 is 0 Å². The van der Waals surface area contributed by atoms with Gasteiger partial charge in [-0.1, -0.05) is 12.1 Å². The molecule has 0 amide bonds. The van der Waals surface area contributed by atoms with Crippen molar-refractivity contribution in [2.45, 2.75) is 6.10 Å². The van der Waals surface area contributed by atoms with Crippen molar-refractivity contribution in [2.24, 2.45) is 0 Å². The Bertz CT molecular complexity index is 517. The average Bonchev–Trinajstić information content (AvgIpc) is 2.34. The lowest BCUT2D eigenvalue weighted by Crippen LogP contribution is -2.17. The number of aliphatic hydroxyl groups is 1. The zero-order chi connectivity index (χ0) is 14.6. The van der Waals surface area contributed by atoms with Crippen LogP contribution in [0.1, 0.15) is 22.0 Å². The first kappa shape index (κ1) is 15.5. The van der Waals surface area contributed by atoms with Crippen LogP contribution >= 0.6 is 7.82 Å². The van der Waals surface area contributed by atoms with Crippen LogP contribution in [0.25, 0.3) is 0 Å². The van der Waals surface area contributed by atoms with Crippen LogP contribution in [0.3, 0.4) is 0 Å². The molecule has 0 radical (unpaired) electrons. The highest BCUT2D eigenvalue weighted by molar-refractivity contribution is 7.46. The van der Waals surface area contributed by atoms with E-state index < -0.39 is 32.3 Å². The van der Waals surface area contributed by atoms with E-state index in [-0.39, 0.29) is 11.1 Å². The SMILES string of the molecule is O=C(O)c1ccc(C(O)C(=O)COP(=O)(O)O)cc1. The molecule has 0 heterocycles. The molecule has 0 fully saturated rings. The van der Waals surface area contributed by atoms with Crippen molar-refractivity contribution in [1.82, 2.24) is 0 Å². The number of aromatic carboxylic acids is 1. The molecule has 1 aromatic rings. The molecule has 0 aliphatic carbocycles. The van der Waals surface area contributed by atoms with E-state index in [2.05, 4.69) is 4.52 Å². The van der Waals surface area contributed by atoms with E-state index in [1.54, 1.807) is 0 Å². The first-order chi connectivity index (χ1) is 8.70. The Morgan fingerprint density at radius 2 is 1.74 bits per heavy atom. The fraction of sp³-hybridized carbons (Fsp3) is 0.200. The second-order valence-electron chi connectivity index (χ2n) is 3.56. The van der Waals surface area contributed by atoms with Crippen molar-refractivity contribution < 1.29 is 38.7 Å². The Morgan fingerprint density at radius 3 is 2.16 bits per heavy atom. The van der Waals surface area contributed by atoms with Gasteiger partial charge in [-0.05, 0) is 17.7 Å². The third-order valence-electron chi connectivity index (χ3n) is 2.15. The Hall–Kier alpha value is -1.57. The van der Waals surface area contributed by atoms with Crippen molar-refractivity contribution in [1.29, 1.82) is 0 Å². The van der Waals surface area contributed by atoms with Crippen molar-refractivity contribution in [3.63, 3.8) is 0 Å². The molecule has 1 rings (SSSR count). The van der Waals surface area contributed by atoms with Gasteiger partial charge in [0.25, 0.3) is 0 Å². The van der Waals surface area contributed by atoms with E-state index in [0.717, 1.165) is 0 Å². The molecular weight excluding hydrogens is 279 g/mol. The van der Waals surface area contributed by atoms with Crippen LogP contribution in [-0.4, -0.2) is 38.4 Å². The number of carbonyl (C=O) groups is 2. The van der Waals surface area contributed by atoms with Crippen molar-refractivity contribution >= 4 is 19.6 Å². The number of hydrogen-bond donors (Lipinski definition) is 4. The molecular formula is C10H11O8P. The number of phosphoric ester groups is 1. The Labute approximate surface area is 107 Å². The van der Waals surface area contributed by atoms with Gasteiger partial charge in [-0.2, -0.15) is 0 Å². The number of phosphoric acid groups is 1. The molecule has 0 aliphatic heterocycles. The van der Waals surface area contributed by atoms with Gasteiger partial charge in [-0.25, -0.2) is 9.36 Å². The summed E-state index contributed by atoms with van der Waals surface area (Å²) in [6.45, 7) is -0.952. The van der Waals surface area contributed by atoms with E-state index in [1.807, 2.05) is 0 Å². The van der Waals surface area contributed by atoms with Gasteiger partial charge >= 0.3 is 13.8 Å².